The lowest BCUT2D eigenvalue weighted by Gasteiger charge is -2.37. The van der Waals surface area contributed by atoms with Crippen LogP contribution in [-0.2, 0) is 9.47 Å². The Bertz CT molecular complexity index is 163. The Morgan fingerprint density at radius 1 is 1.20 bits per heavy atom. The molecule has 1 saturated carbocycles. The highest BCUT2D eigenvalue weighted by Crippen LogP contribution is 2.30. The lowest BCUT2D eigenvalue weighted by Crippen LogP contribution is -2.46. The maximum atomic E-state index is 6.12. The van der Waals surface area contributed by atoms with Crippen molar-refractivity contribution in [2.45, 2.75) is 45.3 Å². The van der Waals surface area contributed by atoms with Gasteiger partial charge in [0.15, 0.2) is 0 Å². The van der Waals surface area contributed by atoms with Crippen LogP contribution in [0.1, 0.15) is 33.1 Å². The van der Waals surface area contributed by atoms with Crippen molar-refractivity contribution in [2.24, 2.45) is 17.6 Å². The number of ether oxygens (including phenoxy) is 2. The fourth-order valence-electron chi connectivity index (χ4n) is 2.60. The SMILES string of the molecule is COCCCOC1C(C)CC(C)CC1N. The predicted molar refractivity (Wildman–Crippen MR) is 61.8 cm³/mol. The average molecular weight is 215 g/mol. The van der Waals surface area contributed by atoms with Crippen LogP contribution in [0.2, 0.25) is 0 Å². The lowest BCUT2D eigenvalue weighted by atomic mass is 9.78. The minimum atomic E-state index is 0.214. The lowest BCUT2D eigenvalue weighted by molar-refractivity contribution is -0.0336. The van der Waals surface area contributed by atoms with Crippen LogP contribution in [0, 0.1) is 11.8 Å². The molecule has 90 valence electrons. The van der Waals surface area contributed by atoms with E-state index >= 15 is 0 Å². The first-order chi connectivity index (χ1) is 7.15. The molecule has 3 nitrogen and oxygen atoms in total. The molecule has 0 heterocycles. The quantitative estimate of drug-likeness (QED) is 0.711. The van der Waals surface area contributed by atoms with Crippen molar-refractivity contribution in [2.75, 3.05) is 20.3 Å². The Kier molecular flexibility index (Phi) is 5.58. The van der Waals surface area contributed by atoms with E-state index in [0.717, 1.165) is 32.0 Å². The highest BCUT2D eigenvalue weighted by molar-refractivity contribution is 4.86. The number of nitrogens with two attached hydrogens (primary N) is 1. The monoisotopic (exact) mass is 215 g/mol. The van der Waals surface area contributed by atoms with E-state index in [-0.39, 0.29) is 12.1 Å². The minimum Gasteiger partial charge on any atom is -0.385 e. The van der Waals surface area contributed by atoms with Crippen molar-refractivity contribution in [3.63, 3.8) is 0 Å². The highest BCUT2D eigenvalue weighted by atomic mass is 16.5. The van der Waals surface area contributed by atoms with Crippen LogP contribution in [0.25, 0.3) is 0 Å². The topological polar surface area (TPSA) is 44.5 Å². The summed E-state index contributed by atoms with van der Waals surface area (Å²) in [5.41, 5.74) is 6.12. The molecule has 3 heteroatoms. The second-order valence-electron chi connectivity index (χ2n) is 4.90. The van der Waals surface area contributed by atoms with Crippen molar-refractivity contribution >= 4 is 0 Å². The molecule has 0 aromatic heterocycles. The molecule has 2 N–H and O–H groups in total. The molecule has 0 amide bonds. The van der Waals surface area contributed by atoms with Crippen LogP contribution < -0.4 is 5.73 Å². The van der Waals surface area contributed by atoms with E-state index < -0.39 is 0 Å². The summed E-state index contributed by atoms with van der Waals surface area (Å²) in [6, 6.07) is 0.214. The number of hydrogen-bond donors (Lipinski definition) is 1. The molecule has 0 aromatic carbocycles. The summed E-state index contributed by atoms with van der Waals surface area (Å²) in [6.45, 7) is 6.06. The molecular formula is C12H25NO2. The van der Waals surface area contributed by atoms with Crippen LogP contribution in [0.15, 0.2) is 0 Å². The number of hydrogen-bond acceptors (Lipinski definition) is 3. The summed E-state index contributed by atoms with van der Waals surface area (Å²) in [7, 11) is 1.72. The summed E-state index contributed by atoms with van der Waals surface area (Å²) >= 11 is 0. The first kappa shape index (κ1) is 12.9. The van der Waals surface area contributed by atoms with E-state index in [9.17, 15) is 0 Å². The zero-order chi connectivity index (χ0) is 11.3. The largest absolute Gasteiger partial charge is 0.385 e. The van der Waals surface area contributed by atoms with Gasteiger partial charge in [-0.1, -0.05) is 13.8 Å². The van der Waals surface area contributed by atoms with Crippen molar-refractivity contribution in [3.05, 3.63) is 0 Å². The minimum absolute atomic E-state index is 0.214. The van der Waals surface area contributed by atoms with Gasteiger partial charge in [-0.15, -0.1) is 0 Å². The summed E-state index contributed by atoms with van der Waals surface area (Å²) in [4.78, 5) is 0. The van der Waals surface area contributed by atoms with Gasteiger partial charge in [0.05, 0.1) is 6.10 Å². The smallest absolute Gasteiger partial charge is 0.0751 e. The third-order valence-corrected chi connectivity index (χ3v) is 3.23. The fraction of sp³-hybridized carbons (Fsp3) is 1.00. The highest BCUT2D eigenvalue weighted by Gasteiger charge is 2.32. The van der Waals surface area contributed by atoms with Crippen molar-refractivity contribution in [1.29, 1.82) is 0 Å². The predicted octanol–water partition coefficient (Wildman–Crippen LogP) is 1.80. The average Bonchev–Trinajstić information content (AvgIpc) is 2.15. The summed E-state index contributed by atoms with van der Waals surface area (Å²) in [5, 5.41) is 0. The van der Waals surface area contributed by atoms with Gasteiger partial charge in [0.2, 0.25) is 0 Å². The van der Waals surface area contributed by atoms with Crippen molar-refractivity contribution in [3.8, 4) is 0 Å². The Labute approximate surface area is 93.3 Å². The van der Waals surface area contributed by atoms with E-state index in [1.807, 2.05) is 0 Å². The van der Waals surface area contributed by atoms with Gasteiger partial charge in [-0.25, -0.2) is 0 Å². The molecule has 0 aliphatic heterocycles. The molecule has 1 aliphatic rings. The fourth-order valence-corrected chi connectivity index (χ4v) is 2.60. The van der Waals surface area contributed by atoms with Gasteiger partial charge in [-0.3, -0.25) is 0 Å². The van der Waals surface area contributed by atoms with Crippen LogP contribution >= 0.6 is 0 Å². The summed E-state index contributed by atoms with van der Waals surface area (Å²) in [5.74, 6) is 1.33. The molecule has 0 saturated heterocycles. The maximum Gasteiger partial charge on any atom is 0.0751 e. The molecule has 0 bridgehead atoms. The number of rotatable bonds is 5. The van der Waals surface area contributed by atoms with Crippen LogP contribution in [0.4, 0.5) is 0 Å². The molecule has 1 fully saturated rings. The Morgan fingerprint density at radius 3 is 2.53 bits per heavy atom. The van der Waals surface area contributed by atoms with Crippen LogP contribution in [0.3, 0.4) is 0 Å². The van der Waals surface area contributed by atoms with E-state index in [1.54, 1.807) is 7.11 Å². The van der Waals surface area contributed by atoms with Gasteiger partial charge in [0, 0.05) is 26.4 Å². The molecule has 0 radical (unpaired) electrons. The van der Waals surface area contributed by atoms with E-state index in [0.29, 0.717) is 5.92 Å². The number of methoxy groups -OCH3 is 1. The Balaban J connectivity index is 2.26. The first-order valence-electron chi connectivity index (χ1n) is 6.01. The van der Waals surface area contributed by atoms with E-state index in [2.05, 4.69) is 13.8 Å². The van der Waals surface area contributed by atoms with Gasteiger partial charge in [-0.2, -0.15) is 0 Å². The normalized spacial score (nSPS) is 36.8. The molecular weight excluding hydrogens is 190 g/mol. The molecule has 15 heavy (non-hydrogen) atoms. The summed E-state index contributed by atoms with van der Waals surface area (Å²) < 4.78 is 10.8. The second-order valence-corrected chi connectivity index (χ2v) is 4.90. The second kappa shape index (κ2) is 6.46. The standard InChI is InChI=1S/C12H25NO2/c1-9-7-10(2)12(11(13)8-9)15-6-4-5-14-3/h9-12H,4-8,13H2,1-3H3. The third-order valence-electron chi connectivity index (χ3n) is 3.23. The van der Waals surface area contributed by atoms with Gasteiger partial charge >= 0.3 is 0 Å². The zero-order valence-electron chi connectivity index (χ0n) is 10.2. The van der Waals surface area contributed by atoms with Crippen molar-refractivity contribution in [1.82, 2.24) is 0 Å². The molecule has 4 atom stereocenters. The van der Waals surface area contributed by atoms with Gasteiger partial charge < -0.3 is 15.2 Å². The van der Waals surface area contributed by atoms with E-state index in [1.165, 1.54) is 6.42 Å². The third kappa shape index (κ3) is 4.09. The van der Waals surface area contributed by atoms with Crippen molar-refractivity contribution < 1.29 is 9.47 Å². The van der Waals surface area contributed by atoms with Crippen LogP contribution in [-0.4, -0.2) is 32.5 Å². The van der Waals surface area contributed by atoms with Gasteiger partial charge in [-0.05, 0) is 31.1 Å². The zero-order valence-corrected chi connectivity index (χ0v) is 10.2. The first-order valence-corrected chi connectivity index (χ1v) is 6.01. The molecule has 1 rings (SSSR count). The maximum absolute atomic E-state index is 6.12. The van der Waals surface area contributed by atoms with Gasteiger partial charge in [0.1, 0.15) is 0 Å². The van der Waals surface area contributed by atoms with Crippen LogP contribution in [0.5, 0.6) is 0 Å². The molecule has 0 spiro atoms. The molecule has 1 aliphatic carbocycles. The summed E-state index contributed by atoms with van der Waals surface area (Å²) in [6.07, 6.45) is 3.54. The van der Waals surface area contributed by atoms with Gasteiger partial charge in [0.25, 0.3) is 0 Å². The molecule has 4 unspecified atom stereocenters. The van der Waals surface area contributed by atoms with E-state index in [4.69, 9.17) is 15.2 Å². The Hall–Kier alpha value is -0.120. The Morgan fingerprint density at radius 2 is 1.93 bits per heavy atom. The molecule has 0 aromatic rings.